The van der Waals surface area contributed by atoms with Crippen LogP contribution in [0, 0.1) is 5.82 Å². The van der Waals surface area contributed by atoms with Crippen LogP contribution in [-0.4, -0.2) is 47.3 Å². The molecular weight excluding hydrogens is 325 g/mol. The SMILES string of the molecule is O=C(c1ccc(F)cc1)N1CCC(c2nc(C3CCOCC3)no2)C1. The largest absolute Gasteiger partial charge is 0.381 e. The van der Waals surface area contributed by atoms with Crippen molar-refractivity contribution in [3.05, 3.63) is 47.4 Å². The quantitative estimate of drug-likeness (QED) is 0.856. The van der Waals surface area contributed by atoms with Gasteiger partial charge in [0.1, 0.15) is 5.82 Å². The van der Waals surface area contributed by atoms with Crippen LogP contribution in [-0.2, 0) is 4.74 Å². The summed E-state index contributed by atoms with van der Waals surface area (Å²) in [5.74, 6) is 1.28. The smallest absolute Gasteiger partial charge is 0.253 e. The van der Waals surface area contributed by atoms with E-state index in [1.807, 2.05) is 0 Å². The summed E-state index contributed by atoms with van der Waals surface area (Å²) in [6.07, 6.45) is 2.62. The van der Waals surface area contributed by atoms with Gasteiger partial charge < -0.3 is 14.2 Å². The lowest BCUT2D eigenvalue weighted by molar-refractivity contribution is 0.0789. The normalized spacial score (nSPS) is 21.6. The van der Waals surface area contributed by atoms with E-state index in [1.54, 1.807) is 4.90 Å². The van der Waals surface area contributed by atoms with Crippen molar-refractivity contribution in [2.75, 3.05) is 26.3 Å². The molecule has 2 fully saturated rings. The summed E-state index contributed by atoms with van der Waals surface area (Å²) in [6.45, 7) is 2.65. The van der Waals surface area contributed by atoms with Gasteiger partial charge in [0.25, 0.3) is 5.91 Å². The third kappa shape index (κ3) is 3.42. The van der Waals surface area contributed by atoms with E-state index in [9.17, 15) is 9.18 Å². The zero-order chi connectivity index (χ0) is 17.2. The molecule has 0 saturated carbocycles. The minimum atomic E-state index is -0.345. The third-order valence-corrected chi connectivity index (χ3v) is 4.96. The number of likely N-dealkylation sites (tertiary alicyclic amines) is 1. The monoisotopic (exact) mass is 345 g/mol. The number of carbonyl (C=O) groups excluding carboxylic acids is 1. The molecule has 1 aromatic carbocycles. The van der Waals surface area contributed by atoms with Gasteiger partial charge in [-0.1, -0.05) is 5.16 Å². The van der Waals surface area contributed by atoms with Gasteiger partial charge in [-0.3, -0.25) is 4.79 Å². The van der Waals surface area contributed by atoms with Crippen LogP contribution >= 0.6 is 0 Å². The Bertz CT molecular complexity index is 740. The topological polar surface area (TPSA) is 68.5 Å². The molecule has 1 atom stereocenters. The van der Waals surface area contributed by atoms with Gasteiger partial charge in [0.2, 0.25) is 5.89 Å². The molecule has 7 heteroatoms. The van der Waals surface area contributed by atoms with Gasteiger partial charge in [0, 0.05) is 37.8 Å². The highest BCUT2D eigenvalue weighted by molar-refractivity contribution is 5.94. The van der Waals surface area contributed by atoms with Crippen LogP contribution in [0.25, 0.3) is 0 Å². The van der Waals surface area contributed by atoms with Crippen molar-refractivity contribution < 1.29 is 18.4 Å². The molecule has 25 heavy (non-hydrogen) atoms. The molecule has 0 N–H and O–H groups in total. The van der Waals surface area contributed by atoms with Crippen molar-refractivity contribution in [3.8, 4) is 0 Å². The first-order valence-electron chi connectivity index (χ1n) is 8.67. The minimum Gasteiger partial charge on any atom is -0.381 e. The summed E-state index contributed by atoms with van der Waals surface area (Å²) in [5, 5.41) is 4.14. The molecule has 4 rings (SSSR count). The zero-order valence-corrected chi connectivity index (χ0v) is 13.9. The van der Waals surface area contributed by atoms with Crippen molar-refractivity contribution in [3.63, 3.8) is 0 Å². The first kappa shape index (κ1) is 16.2. The fourth-order valence-corrected chi connectivity index (χ4v) is 3.46. The van der Waals surface area contributed by atoms with E-state index in [0.717, 1.165) is 38.3 Å². The van der Waals surface area contributed by atoms with Crippen LogP contribution < -0.4 is 0 Å². The predicted octanol–water partition coefficient (Wildman–Crippen LogP) is 2.73. The molecule has 132 valence electrons. The average molecular weight is 345 g/mol. The summed E-state index contributed by atoms with van der Waals surface area (Å²) in [6, 6.07) is 5.64. The Kier molecular flexibility index (Phi) is 4.48. The van der Waals surface area contributed by atoms with Crippen molar-refractivity contribution in [1.82, 2.24) is 15.0 Å². The standard InChI is InChI=1S/C18H20FN3O3/c19-15-3-1-13(2-4-15)18(23)22-8-5-14(11-22)17-20-16(21-25-17)12-6-9-24-10-7-12/h1-4,12,14H,5-11H2. The third-order valence-electron chi connectivity index (χ3n) is 4.96. The van der Waals surface area contributed by atoms with E-state index in [1.165, 1.54) is 24.3 Å². The summed E-state index contributed by atoms with van der Waals surface area (Å²) in [5.41, 5.74) is 0.496. The number of nitrogens with zero attached hydrogens (tertiary/aromatic N) is 3. The summed E-state index contributed by atoms with van der Waals surface area (Å²) >= 11 is 0. The van der Waals surface area contributed by atoms with Gasteiger partial charge in [-0.2, -0.15) is 4.98 Å². The second-order valence-electron chi connectivity index (χ2n) is 6.62. The molecule has 2 aliphatic heterocycles. The highest BCUT2D eigenvalue weighted by Crippen LogP contribution is 2.30. The molecular formula is C18H20FN3O3. The Morgan fingerprint density at radius 1 is 1.12 bits per heavy atom. The molecule has 1 amide bonds. The van der Waals surface area contributed by atoms with Crippen LogP contribution in [0.3, 0.4) is 0 Å². The van der Waals surface area contributed by atoms with E-state index in [0.29, 0.717) is 30.5 Å². The molecule has 6 nitrogen and oxygen atoms in total. The Hall–Kier alpha value is -2.28. The van der Waals surface area contributed by atoms with E-state index in [4.69, 9.17) is 9.26 Å². The lowest BCUT2D eigenvalue weighted by atomic mass is 10.00. The molecule has 1 aromatic heterocycles. The number of hydrogen-bond acceptors (Lipinski definition) is 5. The van der Waals surface area contributed by atoms with Gasteiger partial charge in [-0.05, 0) is 43.5 Å². The number of ether oxygens (including phenoxy) is 1. The molecule has 3 heterocycles. The molecule has 0 radical (unpaired) electrons. The molecule has 0 bridgehead atoms. The second kappa shape index (κ2) is 6.92. The minimum absolute atomic E-state index is 0.0606. The lowest BCUT2D eigenvalue weighted by Crippen LogP contribution is -2.28. The van der Waals surface area contributed by atoms with Crippen molar-refractivity contribution in [1.29, 1.82) is 0 Å². The number of halogens is 1. The first-order chi connectivity index (χ1) is 12.2. The maximum atomic E-state index is 13.0. The van der Waals surface area contributed by atoms with Gasteiger partial charge in [0.05, 0.1) is 5.92 Å². The molecule has 2 aliphatic rings. The van der Waals surface area contributed by atoms with Gasteiger partial charge >= 0.3 is 0 Å². The summed E-state index contributed by atoms with van der Waals surface area (Å²) in [7, 11) is 0. The predicted molar refractivity (Wildman–Crippen MR) is 86.8 cm³/mol. The Morgan fingerprint density at radius 3 is 2.64 bits per heavy atom. The Balaban J connectivity index is 1.41. The van der Waals surface area contributed by atoms with Crippen LogP contribution in [0.1, 0.15) is 53.2 Å². The van der Waals surface area contributed by atoms with Crippen molar-refractivity contribution in [2.24, 2.45) is 0 Å². The van der Waals surface area contributed by atoms with Crippen LogP contribution in [0.4, 0.5) is 4.39 Å². The fraction of sp³-hybridized carbons (Fsp3) is 0.500. The van der Waals surface area contributed by atoms with E-state index in [-0.39, 0.29) is 17.6 Å². The van der Waals surface area contributed by atoms with E-state index in [2.05, 4.69) is 10.1 Å². The number of carbonyl (C=O) groups is 1. The molecule has 2 aromatic rings. The van der Waals surface area contributed by atoms with Crippen molar-refractivity contribution in [2.45, 2.75) is 31.1 Å². The van der Waals surface area contributed by atoms with Crippen LogP contribution in [0.15, 0.2) is 28.8 Å². The molecule has 0 spiro atoms. The van der Waals surface area contributed by atoms with E-state index >= 15 is 0 Å². The lowest BCUT2D eigenvalue weighted by Gasteiger charge is -2.18. The van der Waals surface area contributed by atoms with Gasteiger partial charge in [0.15, 0.2) is 5.82 Å². The zero-order valence-electron chi connectivity index (χ0n) is 13.9. The van der Waals surface area contributed by atoms with Crippen LogP contribution in [0.5, 0.6) is 0 Å². The highest BCUT2D eigenvalue weighted by Gasteiger charge is 2.32. The average Bonchev–Trinajstić information content (AvgIpc) is 3.32. The summed E-state index contributed by atoms with van der Waals surface area (Å²) < 4.78 is 23.8. The number of benzene rings is 1. The summed E-state index contributed by atoms with van der Waals surface area (Å²) in [4.78, 5) is 18.8. The molecule has 0 aliphatic carbocycles. The fourth-order valence-electron chi connectivity index (χ4n) is 3.46. The number of aromatic nitrogens is 2. The highest BCUT2D eigenvalue weighted by atomic mass is 19.1. The van der Waals surface area contributed by atoms with Crippen LogP contribution in [0.2, 0.25) is 0 Å². The number of amides is 1. The Labute approximate surface area is 145 Å². The van der Waals surface area contributed by atoms with Gasteiger partial charge in [-0.15, -0.1) is 0 Å². The number of hydrogen-bond donors (Lipinski definition) is 0. The van der Waals surface area contributed by atoms with E-state index < -0.39 is 0 Å². The second-order valence-corrected chi connectivity index (χ2v) is 6.62. The molecule has 2 saturated heterocycles. The number of rotatable bonds is 3. The first-order valence-corrected chi connectivity index (χ1v) is 8.67. The maximum Gasteiger partial charge on any atom is 0.253 e. The van der Waals surface area contributed by atoms with Crippen molar-refractivity contribution >= 4 is 5.91 Å². The van der Waals surface area contributed by atoms with Gasteiger partial charge in [-0.25, -0.2) is 4.39 Å². The maximum absolute atomic E-state index is 13.0. The molecule has 1 unspecified atom stereocenters. The Morgan fingerprint density at radius 2 is 1.88 bits per heavy atom.